The molecule has 0 aromatic carbocycles. The van der Waals surface area contributed by atoms with E-state index in [0.29, 0.717) is 12.3 Å². The van der Waals surface area contributed by atoms with Gasteiger partial charge in [0.05, 0.1) is 12.8 Å². The van der Waals surface area contributed by atoms with E-state index in [2.05, 4.69) is 41.0 Å². The number of hydrogen-bond acceptors (Lipinski definition) is 4. The van der Waals surface area contributed by atoms with Gasteiger partial charge in [0.25, 0.3) is 5.91 Å². The highest BCUT2D eigenvalue weighted by Gasteiger charge is 2.15. The molecule has 1 aromatic heterocycles. The molecule has 0 spiro atoms. The van der Waals surface area contributed by atoms with E-state index in [1.54, 1.807) is 17.8 Å². The Hall–Kier alpha value is -1.63. The second kappa shape index (κ2) is 10.3. The van der Waals surface area contributed by atoms with E-state index >= 15 is 0 Å². The number of nitrogens with zero attached hydrogens (tertiary/aromatic N) is 1. The molecule has 0 aliphatic rings. The van der Waals surface area contributed by atoms with E-state index in [1.165, 1.54) is 6.26 Å². The Kier molecular flexibility index (Phi) is 8.74. The van der Waals surface area contributed by atoms with E-state index < -0.39 is 0 Å². The number of carbonyl (C=O) groups is 1. The Morgan fingerprint density at radius 1 is 1.29 bits per heavy atom. The molecule has 0 aliphatic heterocycles. The van der Waals surface area contributed by atoms with Crippen LogP contribution >= 0.6 is 11.8 Å². The van der Waals surface area contributed by atoms with Gasteiger partial charge in [0.2, 0.25) is 0 Å². The number of guanidine groups is 1. The molecule has 0 atom stereocenters. The molecule has 0 unspecified atom stereocenters. The summed E-state index contributed by atoms with van der Waals surface area (Å²) in [6, 6.07) is 1.78. The summed E-state index contributed by atoms with van der Waals surface area (Å²) in [7, 11) is 0. The van der Waals surface area contributed by atoms with E-state index in [0.717, 1.165) is 37.6 Å². The topological polar surface area (TPSA) is 78.7 Å². The van der Waals surface area contributed by atoms with Gasteiger partial charge in [0.15, 0.2) is 11.7 Å². The van der Waals surface area contributed by atoms with Gasteiger partial charge < -0.3 is 20.4 Å². The van der Waals surface area contributed by atoms with Crippen molar-refractivity contribution < 1.29 is 9.21 Å². The van der Waals surface area contributed by atoms with Crippen molar-refractivity contribution in [2.24, 2.45) is 4.99 Å². The largest absolute Gasteiger partial charge is 0.459 e. The Morgan fingerprint density at radius 2 is 2.00 bits per heavy atom. The fourth-order valence-corrected chi connectivity index (χ4v) is 2.05. The summed E-state index contributed by atoms with van der Waals surface area (Å²) in [5.41, 5.74) is 0.851. The maximum Gasteiger partial charge on any atom is 0.287 e. The predicted octanol–water partition coefficient (Wildman–Crippen LogP) is 2.40. The van der Waals surface area contributed by atoms with Crippen molar-refractivity contribution in [2.75, 3.05) is 32.4 Å². The maximum atomic E-state index is 11.9. The number of carbonyl (C=O) groups excluding carboxylic acids is 1. The quantitative estimate of drug-likeness (QED) is 0.361. The lowest BCUT2D eigenvalue weighted by atomic mass is 10.2. The zero-order valence-electron chi connectivity index (χ0n) is 15.4. The first-order chi connectivity index (χ1) is 11.4. The minimum absolute atomic E-state index is 0.122. The van der Waals surface area contributed by atoms with Crippen molar-refractivity contribution in [2.45, 2.75) is 38.9 Å². The van der Waals surface area contributed by atoms with Crippen molar-refractivity contribution in [3.05, 3.63) is 23.7 Å². The maximum absolute atomic E-state index is 11.9. The van der Waals surface area contributed by atoms with Gasteiger partial charge in [-0.1, -0.05) is 0 Å². The zero-order chi connectivity index (χ0) is 18.0. The van der Waals surface area contributed by atoms with Gasteiger partial charge in [-0.25, -0.2) is 0 Å². The van der Waals surface area contributed by atoms with Crippen molar-refractivity contribution in [3.8, 4) is 0 Å². The molecule has 0 fully saturated rings. The lowest BCUT2D eigenvalue weighted by Gasteiger charge is -2.20. The van der Waals surface area contributed by atoms with Gasteiger partial charge in [0.1, 0.15) is 0 Å². The van der Waals surface area contributed by atoms with E-state index in [9.17, 15) is 4.79 Å². The average molecular weight is 355 g/mol. The van der Waals surface area contributed by atoms with Crippen LogP contribution in [0.2, 0.25) is 0 Å². The van der Waals surface area contributed by atoms with Gasteiger partial charge >= 0.3 is 0 Å². The number of nitrogens with one attached hydrogen (secondary N) is 3. The van der Waals surface area contributed by atoms with Crippen molar-refractivity contribution in [3.63, 3.8) is 0 Å². The van der Waals surface area contributed by atoms with Gasteiger partial charge in [-0.05, 0) is 46.4 Å². The van der Waals surface area contributed by atoms with Crippen LogP contribution in [0.1, 0.15) is 43.3 Å². The average Bonchev–Trinajstić information content (AvgIpc) is 2.98. The molecule has 6 nitrogen and oxygen atoms in total. The Balaban J connectivity index is 2.31. The number of hydrogen-bond donors (Lipinski definition) is 3. The highest BCUT2D eigenvalue weighted by Crippen LogP contribution is 2.20. The summed E-state index contributed by atoms with van der Waals surface area (Å²) in [6.07, 6.45) is 4.43. The molecule has 1 heterocycles. The molecule has 0 bridgehead atoms. The molecule has 0 saturated carbocycles. The van der Waals surface area contributed by atoms with Crippen LogP contribution in [0, 0.1) is 6.92 Å². The molecule has 136 valence electrons. The smallest absolute Gasteiger partial charge is 0.287 e. The van der Waals surface area contributed by atoms with Crippen LogP contribution < -0.4 is 16.0 Å². The monoisotopic (exact) mass is 354 g/mol. The van der Waals surface area contributed by atoms with Crippen molar-refractivity contribution in [1.29, 1.82) is 0 Å². The van der Waals surface area contributed by atoms with Crippen LogP contribution in [0.25, 0.3) is 0 Å². The summed E-state index contributed by atoms with van der Waals surface area (Å²) in [4.78, 5) is 16.5. The van der Waals surface area contributed by atoms with Crippen LogP contribution in [0.15, 0.2) is 21.7 Å². The lowest BCUT2D eigenvalue weighted by molar-refractivity contribution is 0.0925. The number of thioether (sulfide) groups is 1. The number of furan rings is 1. The molecular weight excluding hydrogens is 324 g/mol. The third-order valence-electron chi connectivity index (χ3n) is 3.51. The molecule has 3 N–H and O–H groups in total. The fourth-order valence-electron chi connectivity index (χ4n) is 1.86. The molecule has 7 heteroatoms. The molecule has 24 heavy (non-hydrogen) atoms. The normalized spacial score (nSPS) is 12.1. The highest BCUT2D eigenvalue weighted by molar-refractivity contribution is 7.99. The van der Waals surface area contributed by atoms with Gasteiger partial charge in [-0.2, -0.15) is 11.8 Å². The Morgan fingerprint density at radius 3 is 2.58 bits per heavy atom. The van der Waals surface area contributed by atoms with Crippen LogP contribution in [-0.4, -0.2) is 49.0 Å². The first-order valence-corrected chi connectivity index (χ1v) is 9.51. The first kappa shape index (κ1) is 20.4. The Bertz CT molecular complexity index is 540. The minimum Gasteiger partial charge on any atom is -0.459 e. The molecular formula is C17H30N4O2S. The second-order valence-corrected chi connectivity index (χ2v) is 7.64. The van der Waals surface area contributed by atoms with Crippen molar-refractivity contribution >= 4 is 23.6 Å². The summed E-state index contributed by atoms with van der Waals surface area (Å²) in [6.45, 7) is 11.1. The standard InChI is InChI=1S/C17H30N4O2S/c1-6-18-16(21-12-17(3,4)24-5)20-10-7-9-19-15(22)14-13(2)8-11-23-14/h8,11H,6-7,9-10,12H2,1-5H3,(H,19,22)(H2,18,20,21). The molecule has 0 aliphatic carbocycles. The molecule has 0 radical (unpaired) electrons. The number of aliphatic imine (C=N–C) groups is 1. The van der Waals surface area contributed by atoms with Gasteiger partial charge in [0, 0.05) is 29.9 Å². The summed E-state index contributed by atoms with van der Waals surface area (Å²) in [5.74, 6) is 1.03. The molecule has 0 saturated heterocycles. The molecule has 1 rings (SSSR count). The van der Waals surface area contributed by atoms with Crippen LogP contribution in [0.3, 0.4) is 0 Å². The fraction of sp³-hybridized carbons (Fsp3) is 0.647. The number of rotatable bonds is 9. The third kappa shape index (κ3) is 7.29. The Labute approximate surface area is 149 Å². The van der Waals surface area contributed by atoms with Crippen LogP contribution in [0.5, 0.6) is 0 Å². The van der Waals surface area contributed by atoms with E-state index in [4.69, 9.17) is 4.42 Å². The van der Waals surface area contributed by atoms with E-state index in [1.807, 2.05) is 13.8 Å². The number of aryl methyl sites for hydroxylation is 1. The third-order valence-corrected chi connectivity index (χ3v) is 4.75. The summed E-state index contributed by atoms with van der Waals surface area (Å²) >= 11 is 1.80. The predicted molar refractivity (Wildman–Crippen MR) is 102 cm³/mol. The first-order valence-electron chi connectivity index (χ1n) is 8.29. The lowest BCUT2D eigenvalue weighted by Crippen LogP contribution is -2.39. The summed E-state index contributed by atoms with van der Waals surface area (Å²) in [5, 5.41) is 9.39. The SMILES string of the molecule is CCNC(=NCC(C)(C)SC)NCCCNC(=O)c1occc1C. The molecule has 1 aromatic rings. The van der Waals surface area contributed by atoms with Gasteiger partial charge in [-0.15, -0.1) is 0 Å². The van der Waals surface area contributed by atoms with E-state index in [-0.39, 0.29) is 10.7 Å². The van der Waals surface area contributed by atoms with Crippen LogP contribution in [-0.2, 0) is 0 Å². The summed E-state index contributed by atoms with van der Waals surface area (Å²) < 4.78 is 5.29. The van der Waals surface area contributed by atoms with Crippen LogP contribution in [0.4, 0.5) is 0 Å². The highest BCUT2D eigenvalue weighted by atomic mass is 32.2. The van der Waals surface area contributed by atoms with Gasteiger partial charge in [-0.3, -0.25) is 9.79 Å². The minimum atomic E-state index is -0.167. The molecule has 1 amide bonds. The zero-order valence-corrected chi connectivity index (χ0v) is 16.2. The van der Waals surface area contributed by atoms with Crippen molar-refractivity contribution in [1.82, 2.24) is 16.0 Å². The second-order valence-electron chi connectivity index (χ2n) is 6.13. The number of amides is 1.